The van der Waals surface area contributed by atoms with Crippen LogP contribution in [0.15, 0.2) is 39.9 Å². The van der Waals surface area contributed by atoms with Gasteiger partial charge < -0.3 is 15.1 Å². The number of aliphatic carboxylic acids is 1. The molecule has 2 N–H and O–H groups in total. The molecule has 152 valence electrons. The van der Waals surface area contributed by atoms with E-state index in [4.69, 9.17) is 0 Å². The number of aliphatic hydroxyl groups is 1. The van der Waals surface area contributed by atoms with Gasteiger partial charge >= 0.3 is 5.97 Å². The van der Waals surface area contributed by atoms with Gasteiger partial charge in [-0.2, -0.15) is 0 Å². The molecule has 3 aliphatic rings. The van der Waals surface area contributed by atoms with E-state index in [1.807, 2.05) is 18.2 Å². The Hall–Kier alpha value is -1.90. The Morgan fingerprint density at radius 2 is 2.17 bits per heavy atom. The van der Waals surface area contributed by atoms with E-state index < -0.39 is 18.0 Å². The van der Waals surface area contributed by atoms with E-state index in [0.717, 1.165) is 45.1 Å². The van der Waals surface area contributed by atoms with Gasteiger partial charge in [-0.15, -0.1) is 11.3 Å². The van der Waals surface area contributed by atoms with E-state index >= 15 is 0 Å². The number of hydrogen-bond acceptors (Lipinski definition) is 6. The van der Waals surface area contributed by atoms with Gasteiger partial charge in [-0.05, 0) is 43.4 Å². The quantitative estimate of drug-likeness (QED) is 0.558. The Balaban J connectivity index is 1.42. The number of para-hydroxylation sites is 1. The first-order valence-electron chi connectivity index (χ1n) is 9.94. The third-order valence-electron chi connectivity index (χ3n) is 6.43. The number of carbonyl (C=O) groups is 2. The minimum Gasteiger partial charge on any atom is -0.477 e. The van der Waals surface area contributed by atoms with Gasteiger partial charge in [0.25, 0.3) is 0 Å². The maximum Gasteiger partial charge on any atom is 0.352 e. The number of nitrogens with zero attached hydrogens (tertiary/aromatic N) is 2. The zero-order valence-electron chi connectivity index (χ0n) is 15.9. The summed E-state index contributed by atoms with van der Waals surface area (Å²) in [5.74, 6) is -0.833. The number of amides is 1. The van der Waals surface area contributed by atoms with Gasteiger partial charge in [0, 0.05) is 11.7 Å². The Bertz CT molecular complexity index is 998. The van der Waals surface area contributed by atoms with Gasteiger partial charge in [-0.25, -0.2) is 9.78 Å². The third kappa shape index (κ3) is 2.92. The highest BCUT2D eigenvalue weighted by Gasteiger charge is 2.62. The molecule has 5 atom stereocenters. The fourth-order valence-electron chi connectivity index (χ4n) is 5.26. The second-order valence-corrected chi connectivity index (χ2v) is 10.4. The molecule has 1 aromatic carbocycles. The summed E-state index contributed by atoms with van der Waals surface area (Å²) in [4.78, 5) is 30.8. The number of carboxylic acids is 1. The van der Waals surface area contributed by atoms with Gasteiger partial charge in [-0.1, -0.05) is 30.3 Å². The minimum atomic E-state index is -1.03. The number of thioether (sulfide) groups is 1. The largest absolute Gasteiger partial charge is 0.477 e. The Kier molecular flexibility index (Phi) is 4.68. The normalized spacial score (nSPS) is 29.6. The van der Waals surface area contributed by atoms with Crippen LogP contribution in [0.2, 0.25) is 0 Å². The standard InChI is InChI=1S/C21H22N2O4S2/c1-10(24)15-17-12-6-4-5-11(16(12)18(20(26)27)23(17)19(15)25)9-28-21-22-13-7-2-3-8-14(13)29-21/h2-3,7-8,10-12,15,17,24H,4-6,9H2,1H3,(H,26,27)/t10-,11+,12+,15-,17-/m1/s1. The number of hydrogen-bond donors (Lipinski definition) is 2. The Morgan fingerprint density at radius 1 is 1.38 bits per heavy atom. The number of aliphatic hydroxyl groups excluding tert-OH is 1. The summed E-state index contributed by atoms with van der Waals surface area (Å²) in [6, 6.07) is 7.84. The molecule has 1 saturated heterocycles. The molecule has 2 aliphatic heterocycles. The van der Waals surface area contributed by atoms with Crippen molar-refractivity contribution in [3.8, 4) is 0 Å². The van der Waals surface area contributed by atoms with Crippen LogP contribution >= 0.6 is 23.1 Å². The lowest BCUT2D eigenvalue weighted by atomic mass is 9.70. The van der Waals surface area contributed by atoms with Gasteiger partial charge in [-0.3, -0.25) is 4.79 Å². The third-order valence-corrected chi connectivity index (χ3v) is 8.77. The summed E-state index contributed by atoms with van der Waals surface area (Å²) in [6.45, 7) is 1.63. The molecule has 1 aromatic heterocycles. The van der Waals surface area contributed by atoms with Crippen LogP contribution in [0.3, 0.4) is 0 Å². The first-order chi connectivity index (χ1) is 14.0. The van der Waals surface area contributed by atoms with E-state index in [-0.39, 0.29) is 29.5 Å². The van der Waals surface area contributed by atoms with E-state index in [1.165, 1.54) is 4.90 Å². The molecule has 0 spiro atoms. The average Bonchev–Trinajstić information content (AvgIpc) is 3.23. The predicted molar refractivity (Wildman–Crippen MR) is 112 cm³/mol. The molecule has 2 fully saturated rings. The lowest BCUT2D eigenvalue weighted by molar-refractivity contribution is -0.163. The number of carbonyl (C=O) groups excluding carboxylic acids is 1. The van der Waals surface area contributed by atoms with E-state index in [2.05, 4.69) is 11.1 Å². The van der Waals surface area contributed by atoms with Gasteiger partial charge in [0.15, 0.2) is 4.34 Å². The number of β-lactam (4-membered cyclic amide) rings is 1. The molecule has 5 rings (SSSR count). The van der Waals surface area contributed by atoms with Crippen molar-refractivity contribution in [2.75, 3.05) is 5.75 Å². The van der Waals surface area contributed by atoms with Crippen molar-refractivity contribution in [1.82, 2.24) is 9.88 Å². The Morgan fingerprint density at radius 3 is 2.90 bits per heavy atom. The monoisotopic (exact) mass is 430 g/mol. The number of carboxylic acid groups (broad SMARTS) is 1. The molecule has 1 aliphatic carbocycles. The lowest BCUT2D eigenvalue weighted by Crippen LogP contribution is -2.64. The van der Waals surface area contributed by atoms with Crippen LogP contribution < -0.4 is 0 Å². The van der Waals surface area contributed by atoms with Gasteiger partial charge in [0.05, 0.1) is 28.3 Å². The summed E-state index contributed by atoms with van der Waals surface area (Å²) in [7, 11) is 0. The molecule has 8 heteroatoms. The minimum absolute atomic E-state index is 0.0492. The number of thiazole rings is 1. The lowest BCUT2D eigenvalue weighted by Gasteiger charge is -2.47. The van der Waals surface area contributed by atoms with Crippen molar-refractivity contribution >= 4 is 45.2 Å². The van der Waals surface area contributed by atoms with Gasteiger partial charge in [0.2, 0.25) is 5.91 Å². The van der Waals surface area contributed by atoms with Crippen LogP contribution in [0, 0.1) is 17.8 Å². The molecule has 6 nitrogen and oxygen atoms in total. The van der Waals surface area contributed by atoms with Crippen molar-refractivity contribution in [2.24, 2.45) is 17.8 Å². The van der Waals surface area contributed by atoms with Crippen molar-refractivity contribution in [3.05, 3.63) is 35.5 Å². The first kappa shape index (κ1) is 19.1. The zero-order valence-corrected chi connectivity index (χ0v) is 17.6. The fraction of sp³-hybridized carbons (Fsp3) is 0.476. The van der Waals surface area contributed by atoms with E-state index in [0.29, 0.717) is 0 Å². The molecule has 29 heavy (non-hydrogen) atoms. The second kappa shape index (κ2) is 7.11. The summed E-state index contributed by atoms with van der Waals surface area (Å²) >= 11 is 3.33. The molecule has 2 aromatic rings. The number of fused-ring (bicyclic) bond motifs is 4. The molecule has 0 unspecified atom stereocenters. The number of benzene rings is 1. The smallest absolute Gasteiger partial charge is 0.352 e. The van der Waals surface area contributed by atoms with E-state index in [9.17, 15) is 19.8 Å². The van der Waals surface area contributed by atoms with Crippen LogP contribution in [0.25, 0.3) is 10.2 Å². The summed E-state index contributed by atoms with van der Waals surface area (Å²) in [6.07, 6.45) is 2.06. The van der Waals surface area contributed by atoms with Crippen LogP contribution in [-0.4, -0.2) is 49.9 Å². The highest BCUT2D eigenvalue weighted by molar-refractivity contribution is 8.01. The molecule has 0 bridgehead atoms. The van der Waals surface area contributed by atoms with E-state index in [1.54, 1.807) is 30.0 Å². The molecule has 0 radical (unpaired) electrons. The van der Waals surface area contributed by atoms with Crippen molar-refractivity contribution < 1.29 is 19.8 Å². The summed E-state index contributed by atoms with van der Waals surface area (Å²) in [5.41, 5.74) is 2.08. The Labute approximate surface area is 176 Å². The molecule has 1 saturated carbocycles. The first-order valence-corrected chi connectivity index (χ1v) is 11.7. The van der Waals surface area contributed by atoms with Gasteiger partial charge in [0.1, 0.15) is 5.70 Å². The maximum absolute atomic E-state index is 12.6. The average molecular weight is 431 g/mol. The highest BCUT2D eigenvalue weighted by atomic mass is 32.2. The van der Waals surface area contributed by atoms with Crippen LogP contribution in [0.1, 0.15) is 26.2 Å². The molecule has 3 heterocycles. The number of rotatable bonds is 5. The SMILES string of the molecule is C[C@@H](O)[C@H]1C(=O)N2C(C(=O)O)=C3[C@H](CSc4nc5ccccc5s4)CCC[C@@H]3[C@H]12. The zero-order chi connectivity index (χ0) is 20.3. The van der Waals surface area contributed by atoms with Crippen LogP contribution in [0.4, 0.5) is 0 Å². The molecular formula is C21H22N2O4S2. The van der Waals surface area contributed by atoms with Crippen molar-refractivity contribution in [3.63, 3.8) is 0 Å². The second-order valence-electron chi connectivity index (χ2n) is 8.07. The van der Waals surface area contributed by atoms with Crippen molar-refractivity contribution in [2.45, 2.75) is 42.7 Å². The predicted octanol–water partition coefficient (Wildman–Crippen LogP) is 3.36. The van der Waals surface area contributed by atoms with Crippen molar-refractivity contribution in [1.29, 1.82) is 0 Å². The maximum atomic E-state index is 12.6. The summed E-state index contributed by atoms with van der Waals surface area (Å²) in [5, 5.41) is 20.0. The molecule has 1 amide bonds. The summed E-state index contributed by atoms with van der Waals surface area (Å²) < 4.78 is 2.14. The van der Waals surface area contributed by atoms with Crippen LogP contribution in [0.5, 0.6) is 0 Å². The highest BCUT2D eigenvalue weighted by Crippen LogP contribution is 2.54. The van der Waals surface area contributed by atoms with Crippen LogP contribution in [-0.2, 0) is 9.59 Å². The topological polar surface area (TPSA) is 90.7 Å². The fourth-order valence-corrected chi connectivity index (χ4v) is 7.52. The number of aromatic nitrogens is 1. The molecular weight excluding hydrogens is 408 g/mol.